The highest BCUT2D eigenvalue weighted by molar-refractivity contribution is 14.0. The lowest BCUT2D eigenvalue weighted by atomic mass is 10.2. The summed E-state index contributed by atoms with van der Waals surface area (Å²) in [6.45, 7) is 6.70. The minimum Gasteiger partial charge on any atom is -0.357 e. The van der Waals surface area contributed by atoms with Crippen molar-refractivity contribution in [3.63, 3.8) is 0 Å². The average molecular weight is 414 g/mol. The van der Waals surface area contributed by atoms with E-state index in [9.17, 15) is 4.79 Å². The average Bonchev–Trinajstić information content (AvgIpc) is 2.92. The Balaban J connectivity index is 0.00000361. The Morgan fingerprint density at radius 2 is 2.10 bits per heavy atom. The van der Waals surface area contributed by atoms with E-state index < -0.39 is 0 Å². The number of nitrogens with zero attached hydrogens (tertiary/aromatic N) is 1. The predicted octanol–water partition coefficient (Wildman–Crippen LogP) is 1.58. The van der Waals surface area contributed by atoms with Crippen LogP contribution < -0.4 is 16.0 Å². The van der Waals surface area contributed by atoms with Crippen LogP contribution in [0.1, 0.15) is 33.1 Å². The summed E-state index contributed by atoms with van der Waals surface area (Å²) in [6, 6.07) is 0. The number of nitrogens with one attached hydrogen (secondary N) is 3. The normalized spacial score (nSPS) is 18.3. The molecule has 0 aromatic heterocycles. The quantitative estimate of drug-likeness (QED) is 0.336. The van der Waals surface area contributed by atoms with E-state index >= 15 is 0 Å². The summed E-state index contributed by atoms with van der Waals surface area (Å²) in [5.41, 5.74) is 0. The van der Waals surface area contributed by atoms with Gasteiger partial charge in [-0.3, -0.25) is 4.79 Å². The molecule has 0 radical (unpaired) electrons. The first-order valence-corrected chi connectivity index (χ1v) is 8.21. The monoisotopic (exact) mass is 414 g/mol. The predicted molar refractivity (Wildman–Crippen MR) is 98.2 cm³/mol. The molecule has 5 nitrogen and oxygen atoms in total. The van der Waals surface area contributed by atoms with Gasteiger partial charge in [-0.25, -0.2) is 4.99 Å². The van der Waals surface area contributed by atoms with Crippen LogP contribution in [0.3, 0.4) is 0 Å². The first-order valence-electron chi connectivity index (χ1n) is 7.16. The molecule has 118 valence electrons. The molecule has 0 aliphatic carbocycles. The lowest BCUT2D eigenvalue weighted by molar-refractivity contribution is -0.119. The van der Waals surface area contributed by atoms with Crippen LogP contribution in [0.2, 0.25) is 0 Å². The third-order valence-corrected chi connectivity index (χ3v) is 4.22. The maximum atomic E-state index is 11.5. The number of guanidine groups is 1. The van der Waals surface area contributed by atoms with E-state index in [2.05, 4.69) is 20.9 Å². The van der Waals surface area contributed by atoms with Crippen LogP contribution in [0.25, 0.3) is 0 Å². The van der Waals surface area contributed by atoms with Crippen LogP contribution >= 0.6 is 35.7 Å². The van der Waals surface area contributed by atoms with Crippen molar-refractivity contribution >= 4 is 47.6 Å². The molecular formula is C13H27IN4OS. The minimum atomic E-state index is -0.0192. The van der Waals surface area contributed by atoms with Crippen LogP contribution in [0, 0.1) is 0 Å². The molecule has 1 amide bonds. The second-order valence-corrected chi connectivity index (χ2v) is 5.97. The van der Waals surface area contributed by atoms with Crippen molar-refractivity contribution in [2.45, 2.75) is 38.4 Å². The lowest BCUT2D eigenvalue weighted by Gasteiger charge is -2.14. The number of carbonyl (C=O) groups is 1. The molecule has 20 heavy (non-hydrogen) atoms. The summed E-state index contributed by atoms with van der Waals surface area (Å²) in [7, 11) is 0. The van der Waals surface area contributed by atoms with Gasteiger partial charge in [0.2, 0.25) is 5.91 Å². The largest absolute Gasteiger partial charge is 0.357 e. The first kappa shape index (κ1) is 19.8. The van der Waals surface area contributed by atoms with E-state index in [0.717, 1.165) is 32.0 Å². The molecule has 1 saturated heterocycles. The standard InChI is InChI=1S/C13H26N4OS.HI/c1-3-7-15-12(18)10-17-13(14-4-2)16-9-11-6-5-8-19-11;/h11H,3-10H2,1-2H3,(H,15,18)(H2,14,16,17);1H. The van der Waals surface area contributed by atoms with Gasteiger partial charge in [-0.15, -0.1) is 24.0 Å². The second kappa shape index (κ2) is 12.6. The van der Waals surface area contributed by atoms with Gasteiger partial charge in [0, 0.05) is 24.9 Å². The van der Waals surface area contributed by atoms with Gasteiger partial charge in [-0.2, -0.15) is 11.8 Å². The number of rotatable bonds is 7. The number of halogens is 1. The number of thioether (sulfide) groups is 1. The van der Waals surface area contributed by atoms with Gasteiger partial charge in [0.05, 0.1) is 0 Å². The number of amides is 1. The lowest BCUT2D eigenvalue weighted by Crippen LogP contribution is -2.41. The fourth-order valence-corrected chi connectivity index (χ4v) is 3.03. The second-order valence-electron chi connectivity index (χ2n) is 4.56. The van der Waals surface area contributed by atoms with Crippen LogP contribution in [-0.2, 0) is 4.79 Å². The molecule has 1 heterocycles. The first-order chi connectivity index (χ1) is 9.26. The number of hydrogen-bond donors (Lipinski definition) is 3. The van der Waals surface area contributed by atoms with Gasteiger partial charge in [0.25, 0.3) is 0 Å². The van der Waals surface area contributed by atoms with Gasteiger partial charge < -0.3 is 16.0 Å². The Kier molecular flexibility index (Phi) is 12.4. The summed E-state index contributed by atoms with van der Waals surface area (Å²) in [4.78, 5) is 15.8. The highest BCUT2D eigenvalue weighted by Crippen LogP contribution is 2.25. The molecule has 1 aliphatic rings. The third kappa shape index (κ3) is 8.89. The van der Waals surface area contributed by atoms with E-state index in [1.54, 1.807) is 0 Å². The smallest absolute Gasteiger partial charge is 0.241 e. The maximum absolute atomic E-state index is 11.5. The molecule has 1 atom stereocenters. The third-order valence-electron chi connectivity index (χ3n) is 2.82. The van der Waals surface area contributed by atoms with E-state index in [-0.39, 0.29) is 36.4 Å². The van der Waals surface area contributed by atoms with Gasteiger partial charge >= 0.3 is 0 Å². The molecular weight excluding hydrogens is 387 g/mol. The Bertz CT molecular complexity index is 296. The van der Waals surface area contributed by atoms with E-state index in [1.807, 2.05) is 25.6 Å². The van der Waals surface area contributed by atoms with Crippen LogP contribution in [0.15, 0.2) is 4.99 Å². The zero-order valence-electron chi connectivity index (χ0n) is 12.4. The summed E-state index contributed by atoms with van der Waals surface area (Å²) in [5, 5.41) is 9.98. The minimum absolute atomic E-state index is 0. The molecule has 3 N–H and O–H groups in total. The van der Waals surface area contributed by atoms with Crippen molar-refractivity contribution in [3.05, 3.63) is 0 Å². The molecule has 1 fully saturated rings. The number of aliphatic imine (C=N–C) groups is 1. The molecule has 1 unspecified atom stereocenters. The summed E-state index contributed by atoms with van der Waals surface area (Å²) < 4.78 is 0. The zero-order chi connectivity index (χ0) is 13.9. The Morgan fingerprint density at radius 3 is 2.70 bits per heavy atom. The van der Waals surface area contributed by atoms with Crippen LogP contribution in [-0.4, -0.2) is 49.0 Å². The van der Waals surface area contributed by atoms with Crippen molar-refractivity contribution in [3.8, 4) is 0 Å². The van der Waals surface area contributed by atoms with Crippen molar-refractivity contribution < 1.29 is 4.79 Å². The molecule has 0 spiro atoms. The molecule has 0 saturated carbocycles. The summed E-state index contributed by atoms with van der Waals surface area (Å²) >= 11 is 2.01. The Labute approximate surface area is 143 Å². The van der Waals surface area contributed by atoms with Crippen molar-refractivity contribution in [2.24, 2.45) is 4.99 Å². The SMILES string of the molecule is CCCNC(=O)CN=C(NCC)NCC1CCCS1.I. The van der Waals surface area contributed by atoms with Crippen LogP contribution in [0.5, 0.6) is 0 Å². The number of hydrogen-bond acceptors (Lipinski definition) is 3. The molecule has 0 bridgehead atoms. The van der Waals surface area contributed by atoms with Crippen molar-refractivity contribution in [1.82, 2.24) is 16.0 Å². The topological polar surface area (TPSA) is 65.5 Å². The van der Waals surface area contributed by atoms with Crippen molar-refractivity contribution in [2.75, 3.05) is 31.9 Å². The Morgan fingerprint density at radius 1 is 1.30 bits per heavy atom. The molecule has 0 aromatic rings. The summed E-state index contributed by atoms with van der Waals surface area (Å²) in [5.74, 6) is 1.98. The molecule has 0 aromatic carbocycles. The van der Waals surface area contributed by atoms with Crippen molar-refractivity contribution in [1.29, 1.82) is 0 Å². The van der Waals surface area contributed by atoms with Gasteiger partial charge in [0.15, 0.2) is 5.96 Å². The van der Waals surface area contributed by atoms with Gasteiger partial charge in [-0.05, 0) is 31.9 Å². The Hall–Kier alpha value is -0.180. The maximum Gasteiger partial charge on any atom is 0.241 e. The van der Waals surface area contributed by atoms with Gasteiger partial charge in [-0.1, -0.05) is 6.92 Å². The van der Waals surface area contributed by atoms with Gasteiger partial charge in [0.1, 0.15) is 6.54 Å². The fraction of sp³-hybridized carbons (Fsp3) is 0.846. The van der Waals surface area contributed by atoms with Crippen LogP contribution in [0.4, 0.5) is 0 Å². The van der Waals surface area contributed by atoms with E-state index in [0.29, 0.717) is 5.25 Å². The fourth-order valence-electron chi connectivity index (χ4n) is 1.83. The van der Waals surface area contributed by atoms with E-state index in [1.165, 1.54) is 18.6 Å². The zero-order valence-corrected chi connectivity index (χ0v) is 15.6. The highest BCUT2D eigenvalue weighted by Gasteiger charge is 2.15. The van der Waals surface area contributed by atoms with E-state index in [4.69, 9.17) is 0 Å². The molecule has 7 heteroatoms. The molecule has 1 rings (SSSR count). The molecule has 1 aliphatic heterocycles. The number of carbonyl (C=O) groups excluding carboxylic acids is 1. The summed E-state index contributed by atoms with van der Waals surface area (Å²) in [6.07, 6.45) is 3.53. The highest BCUT2D eigenvalue weighted by atomic mass is 127.